The summed E-state index contributed by atoms with van der Waals surface area (Å²) in [6.45, 7) is 10.8. The standard InChI is InChI=1S/C28H36N2O6S/c1-7-37(34,35)22-11-8-19(9-12-22)24(14-15-31)29-26(32)20-10-13-23-21(16-20)17-30(25(23)18(2)3)27(33)36-28(4,5)6/h8-13,16-18,24,31H,7,14-15H2,1-6H3,(H,29,32)/t24-/m0/s1. The Labute approximate surface area is 218 Å². The lowest BCUT2D eigenvalue weighted by atomic mass is 10.0. The molecule has 2 aromatic carbocycles. The number of nitrogens with one attached hydrogen (secondary N) is 1. The first-order chi connectivity index (χ1) is 17.3. The molecule has 9 heteroatoms. The van der Waals surface area contributed by atoms with Crippen molar-refractivity contribution in [2.45, 2.75) is 70.4 Å². The molecule has 0 saturated carbocycles. The third-order valence-electron chi connectivity index (χ3n) is 6.00. The number of fused-ring (bicyclic) bond motifs is 1. The zero-order valence-electron chi connectivity index (χ0n) is 22.2. The van der Waals surface area contributed by atoms with Crippen LogP contribution in [0.2, 0.25) is 0 Å². The Balaban J connectivity index is 1.91. The van der Waals surface area contributed by atoms with Crippen LogP contribution in [0.25, 0.3) is 10.8 Å². The number of carbonyl (C=O) groups is 2. The summed E-state index contributed by atoms with van der Waals surface area (Å²) >= 11 is 0. The van der Waals surface area contributed by atoms with Gasteiger partial charge in [0, 0.05) is 34.8 Å². The van der Waals surface area contributed by atoms with Crippen molar-refractivity contribution >= 4 is 32.6 Å². The molecule has 0 bridgehead atoms. The first-order valence-electron chi connectivity index (χ1n) is 12.4. The molecule has 3 rings (SSSR count). The molecule has 3 aromatic rings. The molecule has 1 heterocycles. The Hall–Kier alpha value is -3.17. The number of ether oxygens (including phenoxy) is 1. The van der Waals surface area contributed by atoms with Gasteiger partial charge in [0.1, 0.15) is 5.60 Å². The van der Waals surface area contributed by atoms with Gasteiger partial charge in [-0.3, -0.25) is 9.36 Å². The van der Waals surface area contributed by atoms with Crippen molar-refractivity contribution in [3.05, 3.63) is 65.5 Å². The van der Waals surface area contributed by atoms with Crippen LogP contribution < -0.4 is 5.32 Å². The van der Waals surface area contributed by atoms with Gasteiger partial charge in [-0.05, 0) is 62.9 Å². The van der Waals surface area contributed by atoms with E-state index in [1.165, 1.54) is 16.7 Å². The Morgan fingerprint density at radius 3 is 2.27 bits per heavy atom. The summed E-state index contributed by atoms with van der Waals surface area (Å²) in [4.78, 5) is 26.2. The summed E-state index contributed by atoms with van der Waals surface area (Å²) in [6.07, 6.45) is 1.48. The number of aliphatic hydroxyl groups is 1. The van der Waals surface area contributed by atoms with Crippen molar-refractivity contribution < 1.29 is 27.9 Å². The van der Waals surface area contributed by atoms with Gasteiger partial charge in [-0.1, -0.05) is 39.0 Å². The van der Waals surface area contributed by atoms with Crippen LogP contribution >= 0.6 is 0 Å². The maximum atomic E-state index is 13.2. The number of nitrogens with zero attached hydrogens (tertiary/aromatic N) is 1. The van der Waals surface area contributed by atoms with Crippen LogP contribution in [0.5, 0.6) is 0 Å². The van der Waals surface area contributed by atoms with Crippen LogP contribution in [0, 0.1) is 0 Å². The van der Waals surface area contributed by atoms with Crippen molar-refractivity contribution in [2.75, 3.05) is 12.4 Å². The summed E-state index contributed by atoms with van der Waals surface area (Å²) in [5.74, 6) is -0.306. The molecular formula is C28H36N2O6S. The molecule has 200 valence electrons. The average molecular weight is 529 g/mol. The lowest BCUT2D eigenvalue weighted by Gasteiger charge is -2.21. The molecule has 1 amide bonds. The van der Waals surface area contributed by atoms with Gasteiger partial charge < -0.3 is 15.2 Å². The van der Waals surface area contributed by atoms with Gasteiger partial charge in [-0.15, -0.1) is 0 Å². The number of aliphatic hydroxyl groups excluding tert-OH is 1. The van der Waals surface area contributed by atoms with Gasteiger partial charge in [0.2, 0.25) is 0 Å². The second kappa shape index (κ2) is 11.1. The van der Waals surface area contributed by atoms with E-state index in [2.05, 4.69) is 5.32 Å². The summed E-state index contributed by atoms with van der Waals surface area (Å²) in [5, 5.41) is 14.1. The van der Waals surface area contributed by atoms with Gasteiger partial charge in [0.25, 0.3) is 5.91 Å². The Kier molecular flexibility index (Phi) is 8.49. The molecule has 0 aliphatic carbocycles. The van der Waals surface area contributed by atoms with Crippen LogP contribution in [0.1, 0.15) is 81.5 Å². The number of carbonyl (C=O) groups excluding carboxylic acids is 2. The SMILES string of the molecule is CCS(=O)(=O)c1ccc([C@H](CCO)NC(=O)c2ccc3c(C(C)C)n(C(=O)OC(C)(C)C)cc3c2)cc1. The van der Waals surface area contributed by atoms with Gasteiger partial charge in [0.05, 0.1) is 16.7 Å². The summed E-state index contributed by atoms with van der Waals surface area (Å²) in [7, 11) is -3.34. The highest BCUT2D eigenvalue weighted by Gasteiger charge is 2.24. The van der Waals surface area contributed by atoms with E-state index in [4.69, 9.17) is 4.74 Å². The third-order valence-corrected chi connectivity index (χ3v) is 7.75. The normalized spacial score (nSPS) is 13.1. The number of benzene rings is 2. The Bertz CT molecular complexity index is 1380. The highest BCUT2D eigenvalue weighted by atomic mass is 32.2. The molecule has 0 radical (unpaired) electrons. The molecule has 0 saturated heterocycles. The van der Waals surface area contributed by atoms with Gasteiger partial charge >= 0.3 is 6.09 Å². The monoisotopic (exact) mass is 528 g/mol. The van der Waals surface area contributed by atoms with Crippen molar-refractivity contribution in [3.8, 4) is 0 Å². The molecule has 0 fully saturated rings. The minimum Gasteiger partial charge on any atom is -0.443 e. The molecule has 8 nitrogen and oxygen atoms in total. The fourth-order valence-corrected chi connectivity index (χ4v) is 5.08. The molecular weight excluding hydrogens is 492 g/mol. The average Bonchev–Trinajstić information content (AvgIpc) is 3.22. The zero-order chi connectivity index (χ0) is 27.5. The van der Waals surface area contributed by atoms with Crippen molar-refractivity contribution in [1.82, 2.24) is 9.88 Å². The van der Waals surface area contributed by atoms with E-state index in [1.807, 2.05) is 40.7 Å². The molecule has 1 aromatic heterocycles. The smallest absolute Gasteiger partial charge is 0.418 e. The predicted molar refractivity (Wildman–Crippen MR) is 144 cm³/mol. The van der Waals surface area contributed by atoms with E-state index in [9.17, 15) is 23.1 Å². The van der Waals surface area contributed by atoms with Gasteiger partial charge in [-0.2, -0.15) is 0 Å². The number of hydrogen-bond acceptors (Lipinski definition) is 6. The highest BCUT2D eigenvalue weighted by Crippen LogP contribution is 2.30. The molecule has 1 atom stereocenters. The Morgan fingerprint density at radius 1 is 1.08 bits per heavy atom. The predicted octanol–water partition coefficient (Wildman–Crippen LogP) is 5.20. The second-order valence-corrected chi connectivity index (χ2v) is 12.6. The lowest BCUT2D eigenvalue weighted by Crippen LogP contribution is -2.29. The molecule has 37 heavy (non-hydrogen) atoms. The first-order valence-corrected chi connectivity index (χ1v) is 14.1. The van der Waals surface area contributed by atoms with Crippen molar-refractivity contribution in [1.29, 1.82) is 0 Å². The molecule has 0 unspecified atom stereocenters. The topological polar surface area (TPSA) is 115 Å². The van der Waals surface area contributed by atoms with Crippen LogP contribution in [0.4, 0.5) is 4.79 Å². The van der Waals surface area contributed by atoms with E-state index in [-0.39, 0.29) is 35.5 Å². The first kappa shape index (κ1) is 28.4. The lowest BCUT2D eigenvalue weighted by molar-refractivity contribution is 0.0532. The van der Waals surface area contributed by atoms with E-state index >= 15 is 0 Å². The van der Waals surface area contributed by atoms with Crippen LogP contribution in [-0.2, 0) is 14.6 Å². The van der Waals surface area contributed by atoms with Crippen LogP contribution in [0.15, 0.2) is 53.6 Å². The zero-order valence-corrected chi connectivity index (χ0v) is 23.1. The van der Waals surface area contributed by atoms with Crippen molar-refractivity contribution in [3.63, 3.8) is 0 Å². The fraction of sp³-hybridized carbons (Fsp3) is 0.429. The van der Waals surface area contributed by atoms with Gasteiger partial charge in [0.15, 0.2) is 9.84 Å². The largest absolute Gasteiger partial charge is 0.443 e. The molecule has 2 N–H and O–H groups in total. The van der Waals surface area contributed by atoms with E-state index in [0.29, 0.717) is 11.1 Å². The van der Waals surface area contributed by atoms with Crippen LogP contribution in [0.3, 0.4) is 0 Å². The summed E-state index contributed by atoms with van der Waals surface area (Å²) in [5.41, 5.74) is 1.25. The van der Waals surface area contributed by atoms with Gasteiger partial charge in [-0.25, -0.2) is 13.2 Å². The maximum Gasteiger partial charge on any atom is 0.418 e. The van der Waals surface area contributed by atoms with E-state index in [0.717, 1.165) is 16.5 Å². The molecule has 0 spiro atoms. The van der Waals surface area contributed by atoms with E-state index in [1.54, 1.807) is 37.4 Å². The molecule has 0 aliphatic rings. The third kappa shape index (κ3) is 6.59. The Morgan fingerprint density at radius 2 is 1.73 bits per heavy atom. The second-order valence-electron chi connectivity index (χ2n) is 10.3. The maximum absolute atomic E-state index is 13.2. The molecule has 0 aliphatic heterocycles. The summed E-state index contributed by atoms with van der Waals surface area (Å²) in [6, 6.07) is 11.1. The minimum atomic E-state index is -3.34. The number of sulfone groups is 1. The minimum absolute atomic E-state index is 0.000193. The summed E-state index contributed by atoms with van der Waals surface area (Å²) < 4.78 is 31.3. The number of amides is 1. The van der Waals surface area contributed by atoms with Crippen LogP contribution in [-0.4, -0.2) is 48.1 Å². The highest BCUT2D eigenvalue weighted by molar-refractivity contribution is 7.91. The van der Waals surface area contributed by atoms with Crippen molar-refractivity contribution in [2.24, 2.45) is 0 Å². The number of hydrogen-bond donors (Lipinski definition) is 2. The van der Waals surface area contributed by atoms with E-state index < -0.39 is 27.6 Å². The quantitative estimate of drug-likeness (QED) is 0.416. The fourth-order valence-electron chi connectivity index (χ4n) is 4.20. The number of aromatic nitrogens is 1. The number of rotatable bonds is 8.